The van der Waals surface area contributed by atoms with E-state index >= 15 is 0 Å². The van der Waals surface area contributed by atoms with E-state index in [1.54, 1.807) is 13.8 Å². The highest BCUT2D eigenvalue weighted by atomic mass is 35.5. The number of ether oxygens (including phenoxy) is 2. The number of benzene rings is 1. The van der Waals surface area contributed by atoms with Gasteiger partial charge in [-0.25, -0.2) is 4.39 Å². The number of hydrogen-bond donors (Lipinski definition) is 1. The molecule has 0 saturated heterocycles. The summed E-state index contributed by atoms with van der Waals surface area (Å²) in [5, 5.41) is 10.2. The van der Waals surface area contributed by atoms with Crippen molar-refractivity contribution in [1.29, 1.82) is 0 Å². The summed E-state index contributed by atoms with van der Waals surface area (Å²) in [4.78, 5) is 0. The largest absolute Gasteiger partial charge is 0.383 e. The maximum Gasteiger partial charge on any atom is 0.187 e. The molecule has 17 heavy (non-hydrogen) atoms. The third-order valence-corrected chi connectivity index (χ3v) is 2.54. The van der Waals surface area contributed by atoms with Gasteiger partial charge in [0.1, 0.15) is 11.9 Å². The second kappa shape index (κ2) is 6.91. The molecule has 0 radical (unpaired) electrons. The van der Waals surface area contributed by atoms with Gasteiger partial charge in [-0.05, 0) is 26.0 Å². The highest BCUT2D eigenvalue weighted by molar-refractivity contribution is 6.31. The highest BCUT2D eigenvalue weighted by Crippen LogP contribution is 2.29. The number of halogens is 2. The van der Waals surface area contributed by atoms with Gasteiger partial charge in [0.05, 0.1) is 0 Å². The van der Waals surface area contributed by atoms with Gasteiger partial charge >= 0.3 is 0 Å². The summed E-state index contributed by atoms with van der Waals surface area (Å²) in [5.74, 6) is -0.575. The van der Waals surface area contributed by atoms with Crippen molar-refractivity contribution in [2.75, 3.05) is 13.2 Å². The first kappa shape index (κ1) is 14.4. The second-order valence-corrected chi connectivity index (χ2v) is 3.77. The SMILES string of the molecule is CCOC(OCC)C(O)c1c(F)cccc1Cl. The molecule has 0 aromatic heterocycles. The average Bonchev–Trinajstić information content (AvgIpc) is 2.28. The van der Waals surface area contributed by atoms with Gasteiger partial charge < -0.3 is 14.6 Å². The van der Waals surface area contributed by atoms with E-state index in [2.05, 4.69) is 0 Å². The Morgan fingerprint density at radius 2 is 1.88 bits per heavy atom. The molecule has 3 nitrogen and oxygen atoms in total. The predicted octanol–water partition coefficient (Wildman–Crippen LogP) is 2.91. The molecule has 0 spiro atoms. The normalized spacial score (nSPS) is 13.1. The molecule has 0 amide bonds. The van der Waals surface area contributed by atoms with Gasteiger partial charge in [0.25, 0.3) is 0 Å². The van der Waals surface area contributed by atoms with E-state index < -0.39 is 18.2 Å². The summed E-state index contributed by atoms with van der Waals surface area (Å²) in [5.41, 5.74) is 0.000988. The van der Waals surface area contributed by atoms with Crippen LogP contribution in [0.4, 0.5) is 4.39 Å². The highest BCUT2D eigenvalue weighted by Gasteiger charge is 2.26. The van der Waals surface area contributed by atoms with Gasteiger partial charge in [0.15, 0.2) is 6.29 Å². The molecule has 0 saturated carbocycles. The summed E-state index contributed by atoms with van der Waals surface area (Å²) < 4.78 is 24.0. The molecular formula is C12H16ClFO3. The van der Waals surface area contributed by atoms with Gasteiger partial charge in [0.2, 0.25) is 0 Å². The first-order chi connectivity index (χ1) is 8.11. The van der Waals surface area contributed by atoms with Crippen molar-refractivity contribution in [3.05, 3.63) is 34.6 Å². The van der Waals surface area contributed by atoms with E-state index in [4.69, 9.17) is 21.1 Å². The van der Waals surface area contributed by atoms with Crippen molar-refractivity contribution >= 4 is 11.6 Å². The Bertz CT molecular complexity index is 333. The van der Waals surface area contributed by atoms with Crippen LogP contribution in [0.15, 0.2) is 18.2 Å². The fourth-order valence-electron chi connectivity index (χ4n) is 1.49. The summed E-state index contributed by atoms with van der Waals surface area (Å²) in [7, 11) is 0. The van der Waals surface area contributed by atoms with Gasteiger partial charge in [-0.15, -0.1) is 0 Å². The predicted molar refractivity (Wildman–Crippen MR) is 63.4 cm³/mol. The van der Waals surface area contributed by atoms with Crippen molar-refractivity contribution in [2.45, 2.75) is 26.2 Å². The lowest BCUT2D eigenvalue weighted by Gasteiger charge is -2.23. The molecule has 1 rings (SSSR count). The molecule has 0 aliphatic heterocycles. The van der Waals surface area contributed by atoms with Crippen LogP contribution < -0.4 is 0 Å². The maximum absolute atomic E-state index is 13.6. The lowest BCUT2D eigenvalue weighted by Crippen LogP contribution is -2.26. The van der Waals surface area contributed by atoms with Crippen LogP contribution in [0.1, 0.15) is 25.5 Å². The van der Waals surface area contributed by atoms with E-state index in [-0.39, 0.29) is 10.6 Å². The standard InChI is InChI=1S/C12H16ClFO3/c1-3-16-12(17-4-2)11(15)10-8(13)6-5-7-9(10)14/h5-7,11-12,15H,3-4H2,1-2H3. The summed E-state index contributed by atoms with van der Waals surface area (Å²) >= 11 is 5.86. The van der Waals surface area contributed by atoms with E-state index in [0.29, 0.717) is 13.2 Å². The second-order valence-electron chi connectivity index (χ2n) is 3.36. The zero-order valence-electron chi connectivity index (χ0n) is 9.82. The Kier molecular flexibility index (Phi) is 5.85. The van der Waals surface area contributed by atoms with Crippen molar-refractivity contribution in [3.8, 4) is 0 Å². The minimum Gasteiger partial charge on any atom is -0.383 e. The summed E-state index contributed by atoms with van der Waals surface area (Å²) in [6.07, 6.45) is -2.16. The smallest absolute Gasteiger partial charge is 0.187 e. The van der Waals surface area contributed by atoms with Crippen LogP contribution in [0, 0.1) is 5.82 Å². The summed E-state index contributed by atoms with van der Waals surface area (Å²) in [6, 6.07) is 4.22. The van der Waals surface area contributed by atoms with Crippen molar-refractivity contribution < 1.29 is 19.0 Å². The molecule has 0 bridgehead atoms. The molecule has 1 unspecified atom stereocenters. The molecule has 0 aliphatic carbocycles. The first-order valence-electron chi connectivity index (χ1n) is 5.47. The lowest BCUT2D eigenvalue weighted by molar-refractivity contribution is -0.192. The number of hydrogen-bond acceptors (Lipinski definition) is 3. The molecular weight excluding hydrogens is 247 g/mol. The molecule has 0 fully saturated rings. The van der Waals surface area contributed by atoms with E-state index in [9.17, 15) is 9.50 Å². The van der Waals surface area contributed by atoms with Crippen molar-refractivity contribution in [1.82, 2.24) is 0 Å². The Balaban J connectivity index is 2.95. The molecule has 0 heterocycles. The van der Waals surface area contributed by atoms with Crippen LogP contribution >= 0.6 is 11.6 Å². The zero-order chi connectivity index (χ0) is 12.8. The Morgan fingerprint density at radius 3 is 2.35 bits per heavy atom. The van der Waals surface area contributed by atoms with Gasteiger partial charge in [0, 0.05) is 23.8 Å². The number of aliphatic hydroxyl groups is 1. The monoisotopic (exact) mass is 262 g/mol. The Labute approximate surface area is 105 Å². The Hall–Kier alpha value is -0.680. The fraction of sp³-hybridized carbons (Fsp3) is 0.500. The third kappa shape index (κ3) is 3.64. The molecule has 1 aromatic carbocycles. The van der Waals surface area contributed by atoms with Crippen LogP contribution in [0.3, 0.4) is 0 Å². The van der Waals surface area contributed by atoms with Gasteiger partial charge in [-0.3, -0.25) is 0 Å². The molecule has 96 valence electrons. The van der Waals surface area contributed by atoms with E-state index in [0.717, 1.165) is 0 Å². The average molecular weight is 263 g/mol. The van der Waals surface area contributed by atoms with Crippen LogP contribution in [0.2, 0.25) is 5.02 Å². The Morgan fingerprint density at radius 1 is 1.29 bits per heavy atom. The number of rotatable bonds is 6. The van der Waals surface area contributed by atoms with Gasteiger partial charge in [-0.2, -0.15) is 0 Å². The third-order valence-electron chi connectivity index (χ3n) is 2.22. The minimum absolute atomic E-state index is 0.000988. The summed E-state index contributed by atoms with van der Waals surface area (Å²) in [6.45, 7) is 4.24. The van der Waals surface area contributed by atoms with E-state index in [1.807, 2.05) is 0 Å². The van der Waals surface area contributed by atoms with Crippen molar-refractivity contribution in [2.24, 2.45) is 0 Å². The molecule has 5 heteroatoms. The fourth-order valence-corrected chi connectivity index (χ4v) is 1.76. The molecule has 1 aromatic rings. The van der Waals surface area contributed by atoms with E-state index in [1.165, 1.54) is 18.2 Å². The lowest BCUT2D eigenvalue weighted by atomic mass is 10.1. The van der Waals surface area contributed by atoms with Crippen LogP contribution in [0.25, 0.3) is 0 Å². The topological polar surface area (TPSA) is 38.7 Å². The first-order valence-corrected chi connectivity index (χ1v) is 5.84. The molecule has 0 aliphatic rings. The zero-order valence-corrected chi connectivity index (χ0v) is 10.6. The minimum atomic E-state index is -1.25. The van der Waals surface area contributed by atoms with Crippen LogP contribution in [-0.4, -0.2) is 24.6 Å². The maximum atomic E-state index is 13.6. The number of aliphatic hydroxyl groups excluding tert-OH is 1. The van der Waals surface area contributed by atoms with Crippen molar-refractivity contribution in [3.63, 3.8) is 0 Å². The van der Waals surface area contributed by atoms with Crippen LogP contribution in [-0.2, 0) is 9.47 Å². The molecule has 1 atom stereocenters. The molecule has 1 N–H and O–H groups in total. The quantitative estimate of drug-likeness (QED) is 0.801. The van der Waals surface area contributed by atoms with Crippen LogP contribution in [0.5, 0.6) is 0 Å². The van der Waals surface area contributed by atoms with Gasteiger partial charge in [-0.1, -0.05) is 17.7 Å².